The molecular formula is C14H13Cl2NO2. The van der Waals surface area contributed by atoms with E-state index in [-0.39, 0.29) is 5.56 Å². The third kappa shape index (κ3) is 3.17. The second-order valence-electron chi connectivity index (χ2n) is 5.15. The Hall–Kier alpha value is -1.32. The van der Waals surface area contributed by atoms with Crippen LogP contribution in [0.4, 0.5) is 0 Å². The lowest BCUT2D eigenvalue weighted by Crippen LogP contribution is -2.24. The summed E-state index contributed by atoms with van der Waals surface area (Å²) in [7, 11) is 0. The average Bonchev–Trinajstić information content (AvgIpc) is 2.26. The Bertz CT molecular complexity index is 648. The Balaban J connectivity index is 2.58. The average molecular weight is 298 g/mol. The minimum atomic E-state index is -0.588. The number of hydrogen-bond donors (Lipinski definition) is 0. The molecule has 0 amide bonds. The van der Waals surface area contributed by atoms with Gasteiger partial charge in [-0.2, -0.15) is 0 Å². The number of carbonyl (C=O) groups excluding carboxylic acids is 1. The molecule has 0 atom stereocenters. The molecule has 1 aromatic carbocycles. The number of aromatic nitrogens is 1. The molecule has 0 saturated carbocycles. The molecule has 0 fully saturated rings. The predicted octanol–water partition coefficient (Wildman–Crippen LogP) is 4.50. The topological polar surface area (TPSA) is 39.2 Å². The standard InChI is InChI=1S/C14H13Cl2NO2/c1-14(2,3)19-13(18)11-10(16)5-4-8-6-9(15)7-17-12(8)11/h4-7H,1-3H3. The lowest BCUT2D eigenvalue weighted by Gasteiger charge is -2.20. The molecule has 0 aliphatic heterocycles. The molecule has 19 heavy (non-hydrogen) atoms. The number of nitrogens with zero attached hydrogens (tertiary/aromatic N) is 1. The molecule has 0 spiro atoms. The van der Waals surface area contributed by atoms with E-state index in [1.165, 1.54) is 6.20 Å². The number of halogens is 2. The van der Waals surface area contributed by atoms with Crippen molar-refractivity contribution in [3.05, 3.63) is 40.0 Å². The summed E-state index contributed by atoms with van der Waals surface area (Å²) in [6, 6.07) is 5.14. The van der Waals surface area contributed by atoms with E-state index in [2.05, 4.69) is 4.98 Å². The van der Waals surface area contributed by atoms with Crippen molar-refractivity contribution in [3.8, 4) is 0 Å². The van der Waals surface area contributed by atoms with Crippen molar-refractivity contribution >= 4 is 40.1 Å². The second kappa shape index (κ2) is 4.99. The molecule has 1 heterocycles. The summed E-state index contributed by atoms with van der Waals surface area (Å²) >= 11 is 12.0. The zero-order chi connectivity index (χ0) is 14.2. The van der Waals surface area contributed by atoms with Gasteiger partial charge >= 0.3 is 5.97 Å². The highest BCUT2D eigenvalue weighted by Gasteiger charge is 2.22. The second-order valence-corrected chi connectivity index (χ2v) is 5.99. The molecule has 0 radical (unpaired) electrons. The molecule has 0 aliphatic carbocycles. The quantitative estimate of drug-likeness (QED) is 0.728. The molecule has 0 aliphatic rings. The summed E-state index contributed by atoms with van der Waals surface area (Å²) in [5.41, 5.74) is 0.173. The van der Waals surface area contributed by atoms with Gasteiger partial charge in [-0.3, -0.25) is 4.98 Å². The van der Waals surface area contributed by atoms with E-state index >= 15 is 0 Å². The molecule has 0 saturated heterocycles. The third-order valence-electron chi connectivity index (χ3n) is 2.37. The Kier molecular flexibility index (Phi) is 3.70. The van der Waals surface area contributed by atoms with Crippen molar-refractivity contribution in [1.29, 1.82) is 0 Å². The van der Waals surface area contributed by atoms with Crippen LogP contribution < -0.4 is 0 Å². The highest BCUT2D eigenvalue weighted by atomic mass is 35.5. The lowest BCUT2D eigenvalue weighted by molar-refractivity contribution is 0.00718. The largest absolute Gasteiger partial charge is 0.456 e. The van der Waals surface area contributed by atoms with Crippen LogP contribution in [-0.4, -0.2) is 16.6 Å². The Morgan fingerprint density at radius 2 is 1.95 bits per heavy atom. The van der Waals surface area contributed by atoms with Crippen LogP contribution in [0, 0.1) is 0 Å². The molecular weight excluding hydrogens is 285 g/mol. The molecule has 0 bridgehead atoms. The van der Waals surface area contributed by atoms with E-state index in [1.807, 2.05) is 0 Å². The van der Waals surface area contributed by atoms with Crippen LogP contribution in [0.3, 0.4) is 0 Å². The first-order valence-electron chi connectivity index (χ1n) is 5.75. The van der Waals surface area contributed by atoms with Crippen LogP contribution >= 0.6 is 23.2 Å². The van der Waals surface area contributed by atoms with Crippen molar-refractivity contribution in [3.63, 3.8) is 0 Å². The number of esters is 1. The van der Waals surface area contributed by atoms with Crippen molar-refractivity contribution < 1.29 is 9.53 Å². The van der Waals surface area contributed by atoms with Gasteiger partial charge in [0.2, 0.25) is 0 Å². The van der Waals surface area contributed by atoms with Gasteiger partial charge in [0.25, 0.3) is 0 Å². The lowest BCUT2D eigenvalue weighted by atomic mass is 10.1. The van der Waals surface area contributed by atoms with E-state index in [9.17, 15) is 4.79 Å². The summed E-state index contributed by atoms with van der Waals surface area (Å²) in [6.45, 7) is 5.40. The molecule has 100 valence electrons. The zero-order valence-corrected chi connectivity index (χ0v) is 12.3. The van der Waals surface area contributed by atoms with Gasteiger partial charge in [0.05, 0.1) is 15.6 Å². The van der Waals surface area contributed by atoms with Gasteiger partial charge in [0, 0.05) is 11.6 Å². The highest BCUT2D eigenvalue weighted by molar-refractivity contribution is 6.35. The van der Waals surface area contributed by atoms with Crippen molar-refractivity contribution in [2.45, 2.75) is 26.4 Å². The maximum absolute atomic E-state index is 12.2. The summed E-state index contributed by atoms with van der Waals surface area (Å²) in [5.74, 6) is -0.488. The molecule has 2 aromatic rings. The summed E-state index contributed by atoms with van der Waals surface area (Å²) < 4.78 is 5.35. The monoisotopic (exact) mass is 297 g/mol. The van der Waals surface area contributed by atoms with E-state index < -0.39 is 11.6 Å². The van der Waals surface area contributed by atoms with Gasteiger partial charge in [-0.15, -0.1) is 0 Å². The first-order valence-corrected chi connectivity index (χ1v) is 6.50. The van der Waals surface area contributed by atoms with E-state index in [0.717, 1.165) is 5.39 Å². The summed E-state index contributed by atoms with van der Waals surface area (Å²) in [5, 5.41) is 1.57. The number of benzene rings is 1. The smallest absolute Gasteiger partial charge is 0.342 e. The number of fused-ring (bicyclic) bond motifs is 1. The summed E-state index contributed by atoms with van der Waals surface area (Å²) in [4.78, 5) is 16.4. The Morgan fingerprint density at radius 1 is 1.26 bits per heavy atom. The van der Waals surface area contributed by atoms with Crippen molar-refractivity contribution in [2.24, 2.45) is 0 Å². The van der Waals surface area contributed by atoms with Crippen LogP contribution in [0.2, 0.25) is 10.0 Å². The number of pyridine rings is 1. The summed E-state index contributed by atoms with van der Waals surface area (Å²) in [6.07, 6.45) is 1.48. The maximum atomic E-state index is 12.2. The number of rotatable bonds is 1. The fourth-order valence-electron chi connectivity index (χ4n) is 1.67. The molecule has 2 rings (SSSR count). The maximum Gasteiger partial charge on any atom is 0.342 e. The normalized spacial score (nSPS) is 11.6. The number of ether oxygens (including phenoxy) is 1. The van der Waals surface area contributed by atoms with Gasteiger partial charge in [-0.05, 0) is 32.9 Å². The van der Waals surface area contributed by atoms with E-state index in [1.54, 1.807) is 39.0 Å². The van der Waals surface area contributed by atoms with E-state index in [4.69, 9.17) is 27.9 Å². The van der Waals surface area contributed by atoms with Crippen LogP contribution in [-0.2, 0) is 4.74 Å². The Morgan fingerprint density at radius 3 is 2.58 bits per heavy atom. The van der Waals surface area contributed by atoms with E-state index in [0.29, 0.717) is 15.6 Å². The van der Waals surface area contributed by atoms with Crippen molar-refractivity contribution in [1.82, 2.24) is 4.98 Å². The first kappa shape index (κ1) is 14.1. The predicted molar refractivity (Wildman–Crippen MR) is 76.9 cm³/mol. The van der Waals surface area contributed by atoms with Crippen LogP contribution in [0.15, 0.2) is 24.4 Å². The fourth-order valence-corrected chi connectivity index (χ4v) is 2.07. The van der Waals surface area contributed by atoms with Gasteiger partial charge < -0.3 is 4.74 Å². The molecule has 0 N–H and O–H groups in total. The van der Waals surface area contributed by atoms with Crippen LogP contribution in [0.1, 0.15) is 31.1 Å². The minimum Gasteiger partial charge on any atom is -0.456 e. The van der Waals surface area contributed by atoms with Crippen molar-refractivity contribution in [2.75, 3.05) is 0 Å². The SMILES string of the molecule is CC(C)(C)OC(=O)c1c(Cl)ccc2cc(Cl)cnc12. The molecule has 1 aromatic heterocycles. The van der Waals surface area contributed by atoms with Crippen LogP contribution in [0.25, 0.3) is 10.9 Å². The molecule has 3 nitrogen and oxygen atoms in total. The first-order chi connectivity index (χ1) is 8.78. The molecule has 0 unspecified atom stereocenters. The number of hydrogen-bond acceptors (Lipinski definition) is 3. The van der Waals surface area contributed by atoms with Gasteiger partial charge in [0.1, 0.15) is 11.2 Å². The van der Waals surface area contributed by atoms with Crippen LogP contribution in [0.5, 0.6) is 0 Å². The third-order valence-corrected chi connectivity index (χ3v) is 2.89. The minimum absolute atomic E-state index is 0.269. The van der Waals surface area contributed by atoms with Gasteiger partial charge in [0.15, 0.2) is 0 Å². The zero-order valence-electron chi connectivity index (χ0n) is 10.8. The molecule has 5 heteroatoms. The fraction of sp³-hybridized carbons (Fsp3) is 0.286. The Labute approximate surface area is 121 Å². The highest BCUT2D eigenvalue weighted by Crippen LogP contribution is 2.28. The van der Waals surface area contributed by atoms with Gasteiger partial charge in [-0.1, -0.05) is 29.3 Å². The van der Waals surface area contributed by atoms with Gasteiger partial charge in [-0.25, -0.2) is 4.79 Å². The number of carbonyl (C=O) groups is 1.